The molecule has 0 saturated carbocycles. The van der Waals surface area contributed by atoms with Gasteiger partial charge >= 0.3 is 5.97 Å². The molecule has 2 atom stereocenters. The van der Waals surface area contributed by atoms with Crippen molar-refractivity contribution in [3.63, 3.8) is 0 Å². The van der Waals surface area contributed by atoms with Crippen LogP contribution < -0.4 is 9.64 Å². The molecule has 250 valence electrons. The van der Waals surface area contributed by atoms with E-state index in [-0.39, 0.29) is 17.5 Å². The van der Waals surface area contributed by atoms with Crippen LogP contribution in [0, 0.1) is 12.7 Å². The van der Waals surface area contributed by atoms with Crippen LogP contribution in [0.4, 0.5) is 10.1 Å². The molecule has 0 radical (unpaired) electrons. The molecule has 4 aromatic rings. The van der Waals surface area contributed by atoms with Crippen molar-refractivity contribution in [3.05, 3.63) is 71.7 Å². The number of aryl methyl sites for hydroxylation is 1. The van der Waals surface area contributed by atoms with Gasteiger partial charge in [-0.3, -0.25) is 0 Å². The highest BCUT2D eigenvalue weighted by molar-refractivity contribution is 5.87. The SMILES string of the molecule is Cc1cn2nc3cc2c(c1[C@H](OC(C)(C)C)C(=O)O)N1CCC(C)(CC1)OCCCC[C@H](C)Oc1cc(F)ccc1-c1cccc-3c1. The van der Waals surface area contributed by atoms with Crippen molar-refractivity contribution in [1.29, 1.82) is 0 Å². The lowest BCUT2D eigenvalue weighted by Gasteiger charge is -2.42. The third kappa shape index (κ3) is 7.16. The third-order valence-electron chi connectivity index (χ3n) is 9.27. The molecule has 0 spiro atoms. The number of carboxylic acid groups (broad SMARTS) is 1. The van der Waals surface area contributed by atoms with Crippen LogP contribution in [0.3, 0.4) is 0 Å². The summed E-state index contributed by atoms with van der Waals surface area (Å²) >= 11 is 0. The molecule has 0 aliphatic carbocycles. The van der Waals surface area contributed by atoms with Crippen LogP contribution in [-0.2, 0) is 14.3 Å². The number of nitrogens with zero attached hydrogens (tertiary/aromatic N) is 3. The van der Waals surface area contributed by atoms with Gasteiger partial charge in [0.1, 0.15) is 11.6 Å². The summed E-state index contributed by atoms with van der Waals surface area (Å²) < 4.78 is 35.4. The van der Waals surface area contributed by atoms with Gasteiger partial charge in [0.25, 0.3) is 0 Å². The van der Waals surface area contributed by atoms with Crippen LogP contribution in [0.15, 0.2) is 54.7 Å². The Morgan fingerprint density at radius 2 is 1.85 bits per heavy atom. The fourth-order valence-corrected chi connectivity index (χ4v) is 6.79. The van der Waals surface area contributed by atoms with Gasteiger partial charge in [0.15, 0.2) is 6.10 Å². The Morgan fingerprint density at radius 3 is 2.57 bits per heavy atom. The Labute approximate surface area is 276 Å². The number of fused-ring (bicyclic) bond motifs is 8. The highest BCUT2D eigenvalue weighted by atomic mass is 19.1. The molecule has 1 saturated heterocycles. The summed E-state index contributed by atoms with van der Waals surface area (Å²) in [5.41, 5.74) is 5.44. The van der Waals surface area contributed by atoms with Gasteiger partial charge in [-0.2, -0.15) is 5.10 Å². The Hall–Kier alpha value is -3.95. The molecular weight excluding hydrogens is 597 g/mol. The monoisotopic (exact) mass is 643 g/mol. The number of hydrogen-bond acceptors (Lipinski definition) is 6. The first-order valence-electron chi connectivity index (χ1n) is 16.7. The van der Waals surface area contributed by atoms with Gasteiger partial charge in [0, 0.05) is 48.6 Å². The van der Waals surface area contributed by atoms with Gasteiger partial charge in [-0.1, -0.05) is 18.2 Å². The zero-order chi connectivity index (χ0) is 33.5. The molecule has 8 nitrogen and oxygen atoms in total. The van der Waals surface area contributed by atoms with E-state index in [1.807, 2.05) is 75.7 Å². The molecule has 3 aliphatic heterocycles. The van der Waals surface area contributed by atoms with E-state index in [1.54, 1.807) is 6.07 Å². The highest BCUT2D eigenvalue weighted by Gasteiger charge is 2.37. The quantitative estimate of drug-likeness (QED) is 0.240. The standard InChI is InChI=1S/C38H46FN3O5/c1-24-23-42-31-22-30(40-42)27-12-9-11-26(20-27)29-14-13-28(39)21-32(29)46-25(2)10-7-8-19-45-38(6)15-17-41(18-16-38)34(31)33(24)35(36(43)44)47-37(3,4)5/h9,11-14,20-23,25,35H,7-8,10,15-19H2,1-6H3,(H,43,44)/t25-,35-/m0/s1. The second kappa shape index (κ2) is 12.9. The van der Waals surface area contributed by atoms with Crippen molar-refractivity contribution in [2.45, 2.75) is 97.1 Å². The van der Waals surface area contributed by atoms with Crippen molar-refractivity contribution in [2.75, 3.05) is 24.6 Å². The topological polar surface area (TPSA) is 85.5 Å². The largest absolute Gasteiger partial charge is 0.490 e. The summed E-state index contributed by atoms with van der Waals surface area (Å²) in [6, 6.07) is 14.7. The van der Waals surface area contributed by atoms with Gasteiger partial charge in [-0.05, 0) is 109 Å². The first kappa shape index (κ1) is 33.0. The minimum absolute atomic E-state index is 0.0886. The number of ether oxygens (including phenoxy) is 3. The molecule has 1 N–H and O–H groups in total. The van der Waals surface area contributed by atoms with Crippen molar-refractivity contribution >= 4 is 17.2 Å². The first-order chi connectivity index (χ1) is 22.3. The maximum absolute atomic E-state index is 14.5. The van der Waals surface area contributed by atoms with Crippen LogP contribution in [0.2, 0.25) is 0 Å². The molecule has 6 bridgehead atoms. The van der Waals surface area contributed by atoms with Gasteiger partial charge in [0.2, 0.25) is 0 Å². The number of carboxylic acids is 1. The van der Waals surface area contributed by atoms with Crippen molar-refractivity contribution in [1.82, 2.24) is 9.61 Å². The van der Waals surface area contributed by atoms with Crippen LogP contribution in [0.1, 0.15) is 84.0 Å². The average molecular weight is 644 g/mol. The highest BCUT2D eigenvalue weighted by Crippen LogP contribution is 2.42. The maximum Gasteiger partial charge on any atom is 0.337 e. The van der Waals surface area contributed by atoms with E-state index in [0.717, 1.165) is 71.3 Å². The van der Waals surface area contributed by atoms with Gasteiger partial charge in [0.05, 0.1) is 34.2 Å². The molecule has 47 heavy (non-hydrogen) atoms. The Balaban J connectivity index is 1.53. The number of carbonyl (C=O) groups is 1. The van der Waals surface area contributed by atoms with E-state index in [0.29, 0.717) is 31.0 Å². The minimum Gasteiger partial charge on any atom is -0.490 e. The molecule has 2 aromatic carbocycles. The molecule has 7 rings (SSSR count). The van der Waals surface area contributed by atoms with Crippen LogP contribution >= 0.6 is 0 Å². The third-order valence-corrected chi connectivity index (χ3v) is 9.27. The number of pyridine rings is 1. The normalized spacial score (nSPS) is 21.3. The molecule has 3 aliphatic rings. The number of anilines is 1. The average Bonchev–Trinajstić information content (AvgIpc) is 3.43. The Kier molecular flexibility index (Phi) is 9.06. The number of hydrogen-bond donors (Lipinski definition) is 1. The molecule has 9 heteroatoms. The Morgan fingerprint density at radius 1 is 1.11 bits per heavy atom. The van der Waals surface area contributed by atoms with Gasteiger partial charge in [-0.25, -0.2) is 13.7 Å². The lowest BCUT2D eigenvalue weighted by atomic mass is 9.91. The predicted octanol–water partition coefficient (Wildman–Crippen LogP) is 8.38. The van der Waals surface area contributed by atoms with Crippen LogP contribution in [0.25, 0.3) is 27.9 Å². The second-order valence-electron chi connectivity index (χ2n) is 14.3. The van der Waals surface area contributed by atoms with Crippen molar-refractivity contribution in [3.8, 4) is 28.1 Å². The zero-order valence-corrected chi connectivity index (χ0v) is 28.3. The van der Waals surface area contributed by atoms with E-state index in [1.165, 1.54) is 12.1 Å². The number of halogens is 1. The number of piperidine rings is 1. The maximum atomic E-state index is 14.5. The molecule has 1 fully saturated rings. The van der Waals surface area contributed by atoms with E-state index in [9.17, 15) is 14.3 Å². The van der Waals surface area contributed by atoms with Crippen molar-refractivity contribution < 1.29 is 28.5 Å². The van der Waals surface area contributed by atoms with Crippen LogP contribution in [0.5, 0.6) is 5.75 Å². The number of benzene rings is 2. The number of aromatic nitrogens is 2. The van der Waals surface area contributed by atoms with Gasteiger partial charge < -0.3 is 24.2 Å². The minimum atomic E-state index is -1.16. The fourth-order valence-electron chi connectivity index (χ4n) is 6.79. The van der Waals surface area contributed by atoms with Crippen LogP contribution in [-0.4, -0.2) is 57.7 Å². The summed E-state index contributed by atoms with van der Waals surface area (Å²) in [6.45, 7) is 13.8. The summed E-state index contributed by atoms with van der Waals surface area (Å²) in [5, 5.41) is 15.5. The zero-order valence-electron chi connectivity index (χ0n) is 28.3. The van der Waals surface area contributed by atoms with E-state index in [2.05, 4.69) is 11.8 Å². The molecule has 5 heterocycles. The molecule has 2 aromatic heterocycles. The first-order valence-corrected chi connectivity index (χ1v) is 16.7. The Bertz CT molecular complexity index is 1770. The van der Waals surface area contributed by atoms with Crippen molar-refractivity contribution in [2.24, 2.45) is 0 Å². The number of aliphatic carboxylic acids is 1. The second-order valence-corrected chi connectivity index (χ2v) is 14.3. The molecule has 0 unspecified atom stereocenters. The molecular formula is C38H46FN3O5. The van der Waals surface area contributed by atoms with E-state index >= 15 is 0 Å². The smallest absolute Gasteiger partial charge is 0.337 e. The van der Waals surface area contributed by atoms with Gasteiger partial charge in [-0.15, -0.1) is 0 Å². The summed E-state index contributed by atoms with van der Waals surface area (Å²) in [5.74, 6) is -0.865. The summed E-state index contributed by atoms with van der Waals surface area (Å²) in [6.07, 6.45) is 4.90. The number of rotatable bonds is 3. The summed E-state index contributed by atoms with van der Waals surface area (Å²) in [7, 11) is 0. The lowest BCUT2D eigenvalue weighted by molar-refractivity contribution is -0.160. The summed E-state index contributed by atoms with van der Waals surface area (Å²) in [4.78, 5) is 15.1. The predicted molar refractivity (Wildman–Crippen MR) is 182 cm³/mol. The van der Waals surface area contributed by atoms with E-state index in [4.69, 9.17) is 19.3 Å². The molecule has 0 amide bonds. The lowest BCUT2D eigenvalue weighted by Crippen LogP contribution is -2.45. The van der Waals surface area contributed by atoms with E-state index < -0.39 is 17.7 Å². The fraction of sp³-hybridized carbons (Fsp3) is 0.474.